The molecule has 1 aromatic heterocycles. The molecule has 0 saturated carbocycles. The number of benzene rings is 2. The fourth-order valence-corrected chi connectivity index (χ4v) is 3.32. The molecule has 1 N–H and O–H groups in total. The largest absolute Gasteiger partial charge is 0.495 e. The van der Waals surface area contributed by atoms with Gasteiger partial charge in [-0.05, 0) is 35.0 Å². The number of hydrogen-bond acceptors (Lipinski definition) is 3. The van der Waals surface area contributed by atoms with Gasteiger partial charge < -0.3 is 10.1 Å². The van der Waals surface area contributed by atoms with E-state index in [1.807, 2.05) is 6.07 Å². The Balaban J connectivity index is 1.99. The average Bonchev–Trinajstić information content (AvgIpc) is 2.61. The van der Waals surface area contributed by atoms with Crippen molar-refractivity contribution in [2.24, 2.45) is 0 Å². The first-order chi connectivity index (χ1) is 12.4. The Morgan fingerprint density at radius 2 is 1.88 bits per heavy atom. The monoisotopic (exact) mass is 424 g/mol. The molecule has 7 heteroatoms. The van der Waals surface area contributed by atoms with Crippen molar-refractivity contribution in [2.45, 2.75) is 19.4 Å². The third-order valence-corrected chi connectivity index (χ3v) is 4.77. The fourth-order valence-electron chi connectivity index (χ4n) is 2.81. The third-order valence-electron chi connectivity index (χ3n) is 4.15. The number of ether oxygens (including phenoxy) is 1. The number of aromatic nitrogens is 1. The Morgan fingerprint density at radius 1 is 1.15 bits per heavy atom. The minimum Gasteiger partial charge on any atom is -0.495 e. The Labute approximate surface area is 157 Å². The summed E-state index contributed by atoms with van der Waals surface area (Å²) < 4.78 is 46.3. The fraction of sp³-hybridized carbons (Fsp3) is 0.211. The van der Waals surface area contributed by atoms with Crippen molar-refractivity contribution in [3.05, 3.63) is 64.0 Å². The van der Waals surface area contributed by atoms with Crippen molar-refractivity contribution in [3.63, 3.8) is 0 Å². The molecular formula is C19H16BrF3N2O. The molecule has 26 heavy (non-hydrogen) atoms. The minimum absolute atomic E-state index is 0.181. The lowest BCUT2D eigenvalue weighted by atomic mass is 10.0. The molecule has 0 aliphatic rings. The molecule has 0 unspecified atom stereocenters. The highest BCUT2D eigenvalue weighted by Crippen LogP contribution is 2.35. The van der Waals surface area contributed by atoms with Gasteiger partial charge in [0.25, 0.3) is 6.43 Å². The van der Waals surface area contributed by atoms with Crippen molar-refractivity contribution in [1.82, 2.24) is 4.98 Å². The van der Waals surface area contributed by atoms with Crippen LogP contribution in [0.1, 0.15) is 30.5 Å². The molecule has 0 fully saturated rings. The predicted molar refractivity (Wildman–Crippen MR) is 99.4 cm³/mol. The SMILES string of the molecule is COc1cc2nccc(N[C@H](C)c3cccc(C(F)F)c3F)c2cc1Br. The quantitative estimate of drug-likeness (QED) is 0.524. The van der Waals surface area contributed by atoms with E-state index < -0.39 is 23.8 Å². The second kappa shape index (κ2) is 7.53. The van der Waals surface area contributed by atoms with E-state index in [2.05, 4.69) is 26.2 Å². The minimum atomic E-state index is -2.85. The zero-order chi connectivity index (χ0) is 18.8. The molecule has 0 spiro atoms. The number of halogens is 4. The summed E-state index contributed by atoms with van der Waals surface area (Å²) in [5.41, 5.74) is 1.00. The Bertz CT molecular complexity index is 949. The maximum Gasteiger partial charge on any atom is 0.266 e. The number of methoxy groups -OCH3 is 1. The second-order valence-corrected chi connectivity index (χ2v) is 6.63. The molecule has 3 nitrogen and oxygen atoms in total. The van der Waals surface area contributed by atoms with Crippen LogP contribution in [0.4, 0.5) is 18.9 Å². The van der Waals surface area contributed by atoms with Crippen LogP contribution in [0.3, 0.4) is 0 Å². The van der Waals surface area contributed by atoms with Gasteiger partial charge >= 0.3 is 0 Å². The molecule has 3 aromatic rings. The normalized spacial score (nSPS) is 12.4. The van der Waals surface area contributed by atoms with Crippen molar-refractivity contribution in [1.29, 1.82) is 0 Å². The van der Waals surface area contributed by atoms with Crippen molar-refractivity contribution in [3.8, 4) is 5.75 Å². The Kier molecular flexibility index (Phi) is 5.36. The highest BCUT2D eigenvalue weighted by molar-refractivity contribution is 9.10. The number of pyridine rings is 1. The van der Waals surface area contributed by atoms with E-state index in [0.29, 0.717) is 17.0 Å². The molecule has 1 heterocycles. The Morgan fingerprint density at radius 3 is 2.58 bits per heavy atom. The number of alkyl halides is 2. The summed E-state index contributed by atoms with van der Waals surface area (Å²) in [4.78, 5) is 4.31. The second-order valence-electron chi connectivity index (χ2n) is 5.78. The van der Waals surface area contributed by atoms with Gasteiger partial charge in [-0.2, -0.15) is 0 Å². The summed E-state index contributed by atoms with van der Waals surface area (Å²) in [6.07, 6.45) is -1.23. The molecule has 3 rings (SSSR count). The van der Waals surface area contributed by atoms with E-state index in [-0.39, 0.29) is 5.56 Å². The molecule has 0 aliphatic carbocycles. The summed E-state index contributed by atoms with van der Waals surface area (Å²) in [5.74, 6) is -0.241. The highest BCUT2D eigenvalue weighted by atomic mass is 79.9. The van der Waals surface area contributed by atoms with E-state index in [4.69, 9.17) is 4.74 Å². The summed E-state index contributed by atoms with van der Waals surface area (Å²) >= 11 is 3.44. The van der Waals surface area contributed by atoms with Crippen LogP contribution in [-0.4, -0.2) is 12.1 Å². The van der Waals surface area contributed by atoms with Crippen LogP contribution in [-0.2, 0) is 0 Å². The zero-order valence-corrected chi connectivity index (χ0v) is 15.6. The van der Waals surface area contributed by atoms with Crippen LogP contribution in [0, 0.1) is 5.82 Å². The number of hydrogen-bond donors (Lipinski definition) is 1. The maximum absolute atomic E-state index is 14.4. The number of fused-ring (bicyclic) bond motifs is 1. The average molecular weight is 425 g/mol. The van der Waals surface area contributed by atoms with Crippen molar-refractivity contribution >= 4 is 32.5 Å². The molecule has 2 aromatic carbocycles. The number of rotatable bonds is 5. The molecule has 0 bridgehead atoms. The summed E-state index contributed by atoms with van der Waals surface area (Å²) in [7, 11) is 1.56. The molecule has 0 saturated heterocycles. The molecule has 0 amide bonds. The lowest BCUT2D eigenvalue weighted by molar-refractivity contribution is 0.146. The lowest BCUT2D eigenvalue weighted by Gasteiger charge is -2.19. The summed E-state index contributed by atoms with van der Waals surface area (Å²) in [5, 5.41) is 3.99. The van der Waals surface area contributed by atoms with E-state index in [9.17, 15) is 13.2 Å². The first-order valence-corrected chi connectivity index (χ1v) is 8.67. The van der Waals surface area contributed by atoms with E-state index in [1.165, 1.54) is 12.1 Å². The molecule has 0 aliphatic heterocycles. The molecule has 0 radical (unpaired) electrons. The van der Waals surface area contributed by atoms with Crippen molar-refractivity contribution < 1.29 is 17.9 Å². The molecular weight excluding hydrogens is 409 g/mol. The van der Waals surface area contributed by atoms with E-state index in [1.54, 1.807) is 32.4 Å². The van der Waals surface area contributed by atoms with Gasteiger partial charge in [0.1, 0.15) is 11.6 Å². The van der Waals surface area contributed by atoms with Gasteiger partial charge in [-0.25, -0.2) is 13.2 Å². The smallest absolute Gasteiger partial charge is 0.266 e. The molecule has 136 valence electrons. The lowest BCUT2D eigenvalue weighted by Crippen LogP contribution is -2.10. The Hall–Kier alpha value is -2.28. The van der Waals surface area contributed by atoms with Gasteiger partial charge in [-0.3, -0.25) is 4.98 Å². The summed E-state index contributed by atoms with van der Waals surface area (Å²) in [6.45, 7) is 1.72. The van der Waals surface area contributed by atoms with Crippen LogP contribution < -0.4 is 10.1 Å². The number of nitrogens with zero attached hydrogens (tertiary/aromatic N) is 1. The van der Waals surface area contributed by atoms with E-state index >= 15 is 0 Å². The van der Waals surface area contributed by atoms with Gasteiger partial charge in [0.15, 0.2) is 0 Å². The van der Waals surface area contributed by atoms with Gasteiger partial charge in [-0.15, -0.1) is 0 Å². The van der Waals surface area contributed by atoms with Crippen LogP contribution in [0.5, 0.6) is 5.75 Å². The van der Waals surface area contributed by atoms with Crippen LogP contribution in [0.25, 0.3) is 10.9 Å². The van der Waals surface area contributed by atoms with Crippen LogP contribution in [0.15, 0.2) is 47.1 Å². The first kappa shape index (κ1) is 18.5. The topological polar surface area (TPSA) is 34.1 Å². The van der Waals surface area contributed by atoms with Gasteiger partial charge in [0.2, 0.25) is 0 Å². The first-order valence-electron chi connectivity index (χ1n) is 7.87. The maximum atomic E-state index is 14.4. The number of anilines is 1. The summed E-state index contributed by atoms with van der Waals surface area (Å²) in [6, 6.07) is 8.91. The van der Waals surface area contributed by atoms with Gasteiger partial charge in [-0.1, -0.05) is 18.2 Å². The predicted octanol–water partition coefficient (Wildman–Crippen LogP) is 6.26. The third kappa shape index (κ3) is 3.49. The number of nitrogens with one attached hydrogen (secondary N) is 1. The zero-order valence-electron chi connectivity index (χ0n) is 14.1. The highest BCUT2D eigenvalue weighted by Gasteiger charge is 2.20. The van der Waals surface area contributed by atoms with Gasteiger partial charge in [0.05, 0.1) is 28.7 Å². The van der Waals surface area contributed by atoms with Crippen LogP contribution >= 0.6 is 15.9 Å². The van der Waals surface area contributed by atoms with E-state index in [0.717, 1.165) is 15.9 Å². The standard InChI is InChI=1S/C19H16BrF3N2O/c1-10(11-4-3-5-12(18(11)21)19(22)23)25-15-6-7-24-16-9-17(26-2)14(20)8-13(15)16/h3-10,19H,1-2H3,(H,24,25)/t10-/m1/s1. The molecule has 1 atom stereocenters. The van der Waals surface area contributed by atoms with Crippen LogP contribution in [0.2, 0.25) is 0 Å². The van der Waals surface area contributed by atoms with Gasteiger partial charge in [0, 0.05) is 28.9 Å². The van der Waals surface area contributed by atoms with Crippen molar-refractivity contribution in [2.75, 3.05) is 12.4 Å².